The Bertz CT molecular complexity index is 661. The van der Waals surface area contributed by atoms with Crippen molar-refractivity contribution in [3.63, 3.8) is 0 Å². The van der Waals surface area contributed by atoms with Crippen molar-refractivity contribution in [1.82, 2.24) is 0 Å². The van der Waals surface area contributed by atoms with Gasteiger partial charge in [-0.05, 0) is 29.2 Å². The second kappa shape index (κ2) is 5.50. The van der Waals surface area contributed by atoms with E-state index in [0.717, 1.165) is 6.08 Å². The van der Waals surface area contributed by atoms with Gasteiger partial charge in [0.1, 0.15) is 5.57 Å². The van der Waals surface area contributed by atoms with Gasteiger partial charge in [-0.1, -0.05) is 0 Å². The average molecular weight is 312 g/mol. The van der Waals surface area contributed by atoms with Gasteiger partial charge >= 0.3 is 19.1 Å². The van der Waals surface area contributed by atoms with Gasteiger partial charge < -0.3 is 19.5 Å². The van der Waals surface area contributed by atoms with E-state index in [2.05, 4.69) is 0 Å². The largest absolute Gasteiger partial charge is 0.489 e. The van der Waals surface area contributed by atoms with Crippen molar-refractivity contribution in [1.29, 1.82) is 0 Å². The van der Waals surface area contributed by atoms with Crippen LogP contribution in [0.2, 0.25) is 0 Å². The van der Waals surface area contributed by atoms with Crippen LogP contribution in [0.5, 0.6) is 0 Å². The lowest BCUT2D eigenvalue weighted by atomic mass is 9.76. The monoisotopic (exact) mass is 312 g/mol. The highest BCUT2D eigenvalue weighted by Crippen LogP contribution is 2.24. The molecule has 0 unspecified atom stereocenters. The minimum Gasteiger partial charge on any atom is -0.423 e. The lowest BCUT2D eigenvalue weighted by Crippen LogP contribution is -2.42. The van der Waals surface area contributed by atoms with Crippen molar-refractivity contribution in [2.45, 2.75) is 19.6 Å². The third kappa shape index (κ3) is 3.15. The van der Waals surface area contributed by atoms with E-state index in [4.69, 9.17) is 19.5 Å². The minimum atomic E-state index is -2.13. The highest BCUT2D eigenvalue weighted by molar-refractivity contribution is 6.59. The van der Waals surface area contributed by atoms with Crippen LogP contribution >= 0.6 is 0 Å². The van der Waals surface area contributed by atoms with Gasteiger partial charge in [0.15, 0.2) is 11.6 Å². The first-order valence-corrected chi connectivity index (χ1v) is 6.14. The molecular weight excluding hydrogens is 301 g/mol. The third-order valence-corrected chi connectivity index (χ3v) is 2.82. The van der Waals surface area contributed by atoms with Gasteiger partial charge in [-0.15, -0.1) is 0 Å². The van der Waals surface area contributed by atoms with Crippen molar-refractivity contribution >= 4 is 30.6 Å². The summed E-state index contributed by atoms with van der Waals surface area (Å²) in [5.41, 5.74) is -1.26. The molecule has 1 heterocycles. The van der Waals surface area contributed by atoms with E-state index in [1.54, 1.807) is 0 Å². The van der Waals surface area contributed by atoms with Crippen LogP contribution in [-0.4, -0.2) is 34.9 Å². The van der Waals surface area contributed by atoms with Gasteiger partial charge in [-0.2, -0.15) is 0 Å². The van der Waals surface area contributed by atoms with Crippen LogP contribution in [0.25, 0.3) is 6.08 Å². The number of ether oxygens (including phenoxy) is 2. The number of halogens is 2. The molecule has 1 saturated heterocycles. The number of hydrogen-bond acceptors (Lipinski definition) is 6. The second-order valence-electron chi connectivity index (χ2n) is 5.01. The number of esters is 2. The van der Waals surface area contributed by atoms with Crippen molar-refractivity contribution in [2.24, 2.45) is 0 Å². The highest BCUT2D eigenvalue weighted by atomic mass is 19.2. The number of rotatable bonds is 2. The van der Waals surface area contributed by atoms with E-state index in [-0.39, 0.29) is 5.56 Å². The number of carbonyl (C=O) groups excluding carboxylic acids is 2. The summed E-state index contributed by atoms with van der Waals surface area (Å²) in [5.74, 6) is -6.08. The third-order valence-electron chi connectivity index (χ3n) is 2.82. The molecule has 1 aliphatic rings. The first kappa shape index (κ1) is 16.1. The fourth-order valence-electron chi connectivity index (χ4n) is 1.86. The summed E-state index contributed by atoms with van der Waals surface area (Å²) in [6.07, 6.45) is 0.844. The molecule has 22 heavy (non-hydrogen) atoms. The number of cyclic esters (lactones) is 2. The van der Waals surface area contributed by atoms with Crippen molar-refractivity contribution in [3.05, 3.63) is 34.9 Å². The average Bonchev–Trinajstić information content (AvgIpc) is 2.36. The molecule has 2 rings (SSSR count). The zero-order valence-corrected chi connectivity index (χ0v) is 11.6. The fourth-order valence-corrected chi connectivity index (χ4v) is 1.86. The van der Waals surface area contributed by atoms with Crippen LogP contribution < -0.4 is 5.46 Å². The van der Waals surface area contributed by atoms with Crippen LogP contribution in [0.4, 0.5) is 8.78 Å². The first-order chi connectivity index (χ1) is 10.1. The molecule has 116 valence electrons. The normalized spacial score (nSPS) is 16.9. The number of hydrogen-bond donors (Lipinski definition) is 2. The molecule has 1 fully saturated rings. The lowest BCUT2D eigenvalue weighted by Gasteiger charge is -2.29. The Morgan fingerprint density at radius 3 is 2.09 bits per heavy atom. The Morgan fingerprint density at radius 1 is 1.09 bits per heavy atom. The predicted octanol–water partition coefficient (Wildman–Crippen LogP) is -0.136. The van der Waals surface area contributed by atoms with Crippen LogP contribution in [0.3, 0.4) is 0 Å². The van der Waals surface area contributed by atoms with Crippen LogP contribution in [0.15, 0.2) is 17.7 Å². The molecule has 2 N–H and O–H groups in total. The molecule has 9 heteroatoms. The predicted molar refractivity (Wildman–Crippen MR) is 70.4 cm³/mol. The molecule has 0 bridgehead atoms. The van der Waals surface area contributed by atoms with Gasteiger partial charge in [-0.25, -0.2) is 18.4 Å². The zero-order valence-electron chi connectivity index (χ0n) is 11.6. The standard InChI is InChI=1S/C13H11BF2O6/c1-13(2)21-11(17)7(12(18)22-13)3-6-4-9(15)10(16)5-8(6)14(19)20/h3-5,19-20H,1-2H3. The Balaban J connectivity index is 2.51. The molecule has 1 aromatic carbocycles. The van der Waals surface area contributed by atoms with Gasteiger partial charge in [-0.3, -0.25) is 0 Å². The maximum atomic E-state index is 13.3. The van der Waals surface area contributed by atoms with E-state index in [1.807, 2.05) is 0 Å². The van der Waals surface area contributed by atoms with Crippen LogP contribution in [-0.2, 0) is 19.1 Å². The summed E-state index contributed by atoms with van der Waals surface area (Å²) < 4.78 is 36.1. The van der Waals surface area contributed by atoms with Gasteiger partial charge in [0, 0.05) is 13.8 Å². The van der Waals surface area contributed by atoms with Gasteiger partial charge in [0.05, 0.1) is 0 Å². The van der Waals surface area contributed by atoms with Crippen LogP contribution in [0, 0.1) is 11.6 Å². The summed E-state index contributed by atoms with van der Waals surface area (Å²) in [4.78, 5) is 23.5. The molecule has 0 atom stereocenters. The van der Waals surface area contributed by atoms with Crippen molar-refractivity contribution in [3.8, 4) is 0 Å². The summed E-state index contributed by atoms with van der Waals surface area (Å²) in [6, 6.07) is 1.17. The Morgan fingerprint density at radius 2 is 1.59 bits per heavy atom. The van der Waals surface area contributed by atoms with Gasteiger partial charge in [0.2, 0.25) is 0 Å². The molecule has 1 aliphatic heterocycles. The highest BCUT2D eigenvalue weighted by Gasteiger charge is 2.39. The lowest BCUT2D eigenvalue weighted by molar-refractivity contribution is -0.222. The topological polar surface area (TPSA) is 93.1 Å². The molecule has 0 aromatic heterocycles. The summed E-state index contributed by atoms with van der Waals surface area (Å²) >= 11 is 0. The Labute approximate surface area is 124 Å². The van der Waals surface area contributed by atoms with Crippen LogP contribution in [0.1, 0.15) is 19.4 Å². The van der Waals surface area contributed by atoms with Crippen molar-refractivity contribution in [2.75, 3.05) is 0 Å². The van der Waals surface area contributed by atoms with Crippen molar-refractivity contribution < 1.29 is 37.9 Å². The molecule has 0 radical (unpaired) electrons. The first-order valence-electron chi connectivity index (χ1n) is 6.14. The Kier molecular flexibility index (Phi) is 4.03. The molecule has 1 aromatic rings. The maximum absolute atomic E-state index is 13.3. The SMILES string of the molecule is CC1(C)OC(=O)C(=Cc2cc(F)c(F)cc2B(O)O)C(=O)O1. The van der Waals surface area contributed by atoms with E-state index in [1.165, 1.54) is 13.8 Å². The van der Waals surface area contributed by atoms with Gasteiger partial charge in [0.25, 0.3) is 5.79 Å². The molecule has 0 spiro atoms. The molecule has 0 amide bonds. The Hall–Kier alpha value is -2.26. The quantitative estimate of drug-likeness (QED) is 0.342. The number of carbonyl (C=O) groups is 2. The minimum absolute atomic E-state index is 0.266. The summed E-state index contributed by atoms with van der Waals surface area (Å²) in [7, 11) is -2.13. The smallest absolute Gasteiger partial charge is 0.423 e. The van der Waals surface area contributed by atoms with E-state index >= 15 is 0 Å². The molecule has 0 aliphatic carbocycles. The summed E-state index contributed by atoms with van der Waals surface area (Å²) in [6.45, 7) is 2.69. The van der Waals surface area contributed by atoms with E-state index in [9.17, 15) is 18.4 Å². The zero-order chi connectivity index (χ0) is 16.7. The van der Waals surface area contributed by atoms with E-state index < -0.39 is 47.5 Å². The fraction of sp³-hybridized carbons (Fsp3) is 0.231. The summed E-state index contributed by atoms with van der Waals surface area (Å²) in [5, 5.41) is 18.3. The number of benzene rings is 1. The molecule has 6 nitrogen and oxygen atoms in total. The van der Waals surface area contributed by atoms with E-state index in [0.29, 0.717) is 12.1 Å². The molecule has 0 saturated carbocycles. The second-order valence-corrected chi connectivity index (χ2v) is 5.01. The maximum Gasteiger partial charge on any atom is 0.489 e. The molecular formula is C13H11BF2O6.